The van der Waals surface area contributed by atoms with Gasteiger partial charge >= 0.3 is 0 Å². The van der Waals surface area contributed by atoms with Crippen molar-refractivity contribution in [2.75, 3.05) is 6.54 Å². The molecule has 116 valence electrons. The normalized spacial score (nSPS) is 10.5. The lowest BCUT2D eigenvalue weighted by molar-refractivity contribution is 0.0954. The molecule has 7 heteroatoms. The topological polar surface area (TPSA) is 85.6 Å². The molecule has 0 fully saturated rings. The molecule has 2 heterocycles. The number of hydrogen-bond donors (Lipinski definition) is 1. The molecule has 0 radical (unpaired) electrons. The summed E-state index contributed by atoms with van der Waals surface area (Å²) < 4.78 is 1.59. The maximum absolute atomic E-state index is 12.2. The SMILES string of the molecule is Cc1nnnn1-c1cccc(C(=O)NCCc2ccccn2)c1. The number of nitrogens with zero attached hydrogens (tertiary/aromatic N) is 5. The maximum Gasteiger partial charge on any atom is 0.251 e. The first kappa shape index (κ1) is 14.8. The molecule has 1 amide bonds. The number of aromatic nitrogens is 5. The van der Waals surface area contributed by atoms with Crippen molar-refractivity contribution in [3.05, 3.63) is 65.7 Å². The Hall–Kier alpha value is -3.09. The van der Waals surface area contributed by atoms with Gasteiger partial charge in [0.1, 0.15) is 0 Å². The molecule has 3 rings (SSSR count). The summed E-state index contributed by atoms with van der Waals surface area (Å²) in [5.41, 5.74) is 2.27. The van der Waals surface area contributed by atoms with Gasteiger partial charge in [0, 0.05) is 30.4 Å². The summed E-state index contributed by atoms with van der Waals surface area (Å²) in [5, 5.41) is 14.3. The van der Waals surface area contributed by atoms with Crippen molar-refractivity contribution < 1.29 is 4.79 Å². The minimum atomic E-state index is -0.131. The zero-order chi connectivity index (χ0) is 16.1. The second kappa shape index (κ2) is 6.78. The summed E-state index contributed by atoms with van der Waals surface area (Å²) in [6.45, 7) is 2.34. The smallest absolute Gasteiger partial charge is 0.251 e. The maximum atomic E-state index is 12.2. The van der Waals surface area contributed by atoms with Crippen LogP contribution in [-0.2, 0) is 6.42 Å². The van der Waals surface area contributed by atoms with Crippen molar-refractivity contribution in [3.63, 3.8) is 0 Å². The Bertz CT molecular complexity index is 799. The molecule has 2 aromatic heterocycles. The van der Waals surface area contributed by atoms with Crippen LogP contribution < -0.4 is 5.32 Å². The Balaban J connectivity index is 1.65. The van der Waals surface area contributed by atoms with Crippen LogP contribution in [0.4, 0.5) is 0 Å². The summed E-state index contributed by atoms with van der Waals surface area (Å²) >= 11 is 0. The highest BCUT2D eigenvalue weighted by Crippen LogP contribution is 2.10. The molecule has 23 heavy (non-hydrogen) atoms. The van der Waals surface area contributed by atoms with E-state index in [2.05, 4.69) is 25.8 Å². The van der Waals surface area contributed by atoms with Crippen molar-refractivity contribution in [1.29, 1.82) is 0 Å². The Morgan fingerprint density at radius 1 is 1.22 bits per heavy atom. The number of benzene rings is 1. The molecule has 0 saturated heterocycles. The number of tetrazole rings is 1. The Labute approximate surface area is 133 Å². The fourth-order valence-electron chi connectivity index (χ4n) is 2.20. The zero-order valence-electron chi connectivity index (χ0n) is 12.7. The van der Waals surface area contributed by atoms with E-state index >= 15 is 0 Å². The quantitative estimate of drug-likeness (QED) is 0.768. The lowest BCUT2D eigenvalue weighted by Crippen LogP contribution is -2.26. The van der Waals surface area contributed by atoms with Crippen LogP contribution in [0.3, 0.4) is 0 Å². The van der Waals surface area contributed by atoms with Gasteiger partial charge in [0.2, 0.25) is 0 Å². The lowest BCUT2D eigenvalue weighted by atomic mass is 10.2. The van der Waals surface area contributed by atoms with Crippen LogP contribution in [0.5, 0.6) is 0 Å². The zero-order valence-corrected chi connectivity index (χ0v) is 12.7. The van der Waals surface area contributed by atoms with Crippen LogP contribution in [0, 0.1) is 6.92 Å². The molecule has 0 unspecified atom stereocenters. The molecule has 0 spiro atoms. The number of carbonyl (C=O) groups is 1. The first-order valence-corrected chi connectivity index (χ1v) is 7.27. The first-order chi connectivity index (χ1) is 11.2. The minimum absolute atomic E-state index is 0.131. The highest BCUT2D eigenvalue weighted by Gasteiger charge is 2.09. The third-order valence-corrected chi connectivity index (χ3v) is 3.37. The molecule has 0 bridgehead atoms. The van der Waals surface area contributed by atoms with E-state index in [9.17, 15) is 4.79 Å². The highest BCUT2D eigenvalue weighted by atomic mass is 16.1. The predicted molar refractivity (Wildman–Crippen MR) is 84.2 cm³/mol. The molecule has 0 saturated carbocycles. The Morgan fingerprint density at radius 3 is 2.87 bits per heavy atom. The largest absolute Gasteiger partial charge is 0.352 e. The van der Waals surface area contributed by atoms with Crippen LogP contribution in [0.25, 0.3) is 5.69 Å². The molecule has 1 N–H and O–H groups in total. The van der Waals surface area contributed by atoms with Gasteiger partial charge in [-0.1, -0.05) is 12.1 Å². The van der Waals surface area contributed by atoms with E-state index in [-0.39, 0.29) is 5.91 Å². The van der Waals surface area contributed by atoms with E-state index in [0.29, 0.717) is 24.4 Å². The Morgan fingerprint density at radius 2 is 2.13 bits per heavy atom. The van der Waals surface area contributed by atoms with Gasteiger partial charge in [-0.2, -0.15) is 4.68 Å². The molecule has 3 aromatic rings. The number of pyridine rings is 1. The van der Waals surface area contributed by atoms with Crippen molar-refractivity contribution in [2.45, 2.75) is 13.3 Å². The molecule has 0 aliphatic rings. The number of rotatable bonds is 5. The van der Waals surface area contributed by atoms with Crippen molar-refractivity contribution in [3.8, 4) is 5.69 Å². The predicted octanol–water partition coefficient (Wildman–Crippen LogP) is 1.34. The van der Waals surface area contributed by atoms with Crippen molar-refractivity contribution in [1.82, 2.24) is 30.5 Å². The fraction of sp³-hybridized carbons (Fsp3) is 0.188. The van der Waals surface area contributed by atoms with E-state index in [4.69, 9.17) is 0 Å². The van der Waals surface area contributed by atoms with Gasteiger partial charge in [-0.25, -0.2) is 0 Å². The van der Waals surface area contributed by atoms with Crippen molar-refractivity contribution >= 4 is 5.91 Å². The monoisotopic (exact) mass is 308 g/mol. The minimum Gasteiger partial charge on any atom is -0.352 e. The Kier molecular flexibility index (Phi) is 4.37. The second-order valence-corrected chi connectivity index (χ2v) is 5.02. The molecule has 0 aliphatic carbocycles. The van der Waals surface area contributed by atoms with Gasteiger partial charge in [-0.15, -0.1) is 5.10 Å². The fourth-order valence-corrected chi connectivity index (χ4v) is 2.20. The second-order valence-electron chi connectivity index (χ2n) is 5.02. The third-order valence-electron chi connectivity index (χ3n) is 3.37. The average Bonchev–Trinajstić information content (AvgIpc) is 3.02. The van der Waals surface area contributed by atoms with E-state index < -0.39 is 0 Å². The van der Waals surface area contributed by atoms with Gasteiger partial charge in [0.15, 0.2) is 5.82 Å². The van der Waals surface area contributed by atoms with Gasteiger partial charge in [0.05, 0.1) is 5.69 Å². The third kappa shape index (κ3) is 3.57. The van der Waals surface area contributed by atoms with E-state index in [1.807, 2.05) is 30.3 Å². The summed E-state index contributed by atoms with van der Waals surface area (Å²) in [5.74, 6) is 0.534. The number of amides is 1. The number of aryl methyl sites for hydroxylation is 1. The molecule has 1 aromatic carbocycles. The van der Waals surface area contributed by atoms with Crippen LogP contribution in [0.1, 0.15) is 21.9 Å². The molecular formula is C16H16N6O. The first-order valence-electron chi connectivity index (χ1n) is 7.27. The van der Waals surface area contributed by atoms with E-state index in [1.165, 1.54) is 0 Å². The summed E-state index contributed by atoms with van der Waals surface area (Å²) in [6.07, 6.45) is 2.44. The standard InChI is InChI=1S/C16H16N6O/c1-12-19-20-21-22(12)15-7-4-5-13(11-15)16(23)18-10-8-14-6-2-3-9-17-14/h2-7,9,11H,8,10H2,1H3,(H,18,23). The van der Waals surface area contributed by atoms with Crippen LogP contribution in [0.2, 0.25) is 0 Å². The lowest BCUT2D eigenvalue weighted by Gasteiger charge is -2.07. The molecule has 7 nitrogen and oxygen atoms in total. The van der Waals surface area contributed by atoms with Crippen LogP contribution in [0.15, 0.2) is 48.7 Å². The van der Waals surface area contributed by atoms with E-state index in [0.717, 1.165) is 11.4 Å². The van der Waals surface area contributed by atoms with Crippen molar-refractivity contribution in [2.24, 2.45) is 0 Å². The molecule has 0 aliphatic heterocycles. The highest BCUT2D eigenvalue weighted by molar-refractivity contribution is 5.94. The van der Waals surface area contributed by atoms with Gasteiger partial charge in [0.25, 0.3) is 5.91 Å². The van der Waals surface area contributed by atoms with Gasteiger partial charge < -0.3 is 5.32 Å². The molecule has 0 atom stereocenters. The van der Waals surface area contributed by atoms with Gasteiger partial charge in [-0.05, 0) is 47.7 Å². The number of nitrogens with one attached hydrogen (secondary N) is 1. The van der Waals surface area contributed by atoms with Crippen LogP contribution in [-0.4, -0.2) is 37.6 Å². The van der Waals surface area contributed by atoms with Crippen LogP contribution >= 0.6 is 0 Å². The summed E-state index contributed by atoms with van der Waals surface area (Å²) in [4.78, 5) is 16.5. The van der Waals surface area contributed by atoms with Gasteiger partial charge in [-0.3, -0.25) is 9.78 Å². The summed E-state index contributed by atoms with van der Waals surface area (Å²) in [7, 11) is 0. The average molecular weight is 308 g/mol. The summed E-state index contributed by atoms with van der Waals surface area (Å²) in [6, 6.07) is 12.9. The number of hydrogen-bond acceptors (Lipinski definition) is 5. The van der Waals surface area contributed by atoms with E-state index in [1.54, 1.807) is 29.9 Å². The molecular weight excluding hydrogens is 292 g/mol. The number of carbonyl (C=O) groups excluding carboxylic acids is 1.